The number of rotatable bonds is 5. The third-order valence-corrected chi connectivity index (χ3v) is 2.73. The van der Waals surface area contributed by atoms with Gasteiger partial charge in [0, 0.05) is 23.3 Å². The van der Waals surface area contributed by atoms with Gasteiger partial charge in [-0.25, -0.2) is 0 Å². The number of thiophene rings is 1. The Morgan fingerprint density at radius 1 is 1.67 bits per heavy atom. The minimum Gasteiger partial charge on any atom is -0.389 e. The standard InChI is InChI=1S/C10H16N2O2S/c1-10(2,14)6-12-4-8-3-7(5-15-8)9(11)13/h3,5,12,14H,4,6H2,1-2H3,(H2,11,13). The van der Waals surface area contributed by atoms with Crippen molar-refractivity contribution in [2.24, 2.45) is 5.73 Å². The molecule has 0 saturated carbocycles. The number of aliphatic hydroxyl groups is 1. The lowest BCUT2D eigenvalue weighted by atomic mass is 10.1. The quantitative estimate of drug-likeness (QED) is 0.694. The van der Waals surface area contributed by atoms with Crippen molar-refractivity contribution in [3.8, 4) is 0 Å². The van der Waals surface area contributed by atoms with Crippen molar-refractivity contribution in [3.63, 3.8) is 0 Å². The SMILES string of the molecule is CC(C)(O)CNCc1cc(C(N)=O)cs1. The summed E-state index contributed by atoms with van der Waals surface area (Å²) in [6.45, 7) is 4.63. The third-order valence-electron chi connectivity index (χ3n) is 1.80. The average Bonchev–Trinajstić information content (AvgIpc) is 2.50. The summed E-state index contributed by atoms with van der Waals surface area (Å²) in [5.41, 5.74) is 4.96. The lowest BCUT2D eigenvalue weighted by Gasteiger charge is -2.17. The van der Waals surface area contributed by atoms with E-state index in [1.54, 1.807) is 25.3 Å². The van der Waals surface area contributed by atoms with Crippen LogP contribution in [-0.4, -0.2) is 23.2 Å². The summed E-state index contributed by atoms with van der Waals surface area (Å²) in [6, 6.07) is 1.77. The smallest absolute Gasteiger partial charge is 0.249 e. The van der Waals surface area contributed by atoms with Crippen LogP contribution in [0.2, 0.25) is 0 Å². The van der Waals surface area contributed by atoms with Gasteiger partial charge in [-0.2, -0.15) is 0 Å². The minimum atomic E-state index is -0.718. The zero-order chi connectivity index (χ0) is 11.5. The Bertz CT molecular complexity index is 341. The van der Waals surface area contributed by atoms with Gasteiger partial charge in [-0.3, -0.25) is 4.79 Å². The lowest BCUT2D eigenvalue weighted by Crippen LogP contribution is -2.34. The molecule has 0 spiro atoms. The Morgan fingerprint density at radius 3 is 2.80 bits per heavy atom. The van der Waals surface area contributed by atoms with Gasteiger partial charge < -0.3 is 16.2 Å². The lowest BCUT2D eigenvalue weighted by molar-refractivity contribution is 0.0795. The minimum absolute atomic E-state index is 0.403. The highest BCUT2D eigenvalue weighted by Crippen LogP contribution is 2.14. The number of amides is 1. The summed E-state index contributed by atoms with van der Waals surface area (Å²) in [5, 5.41) is 14.3. The summed E-state index contributed by atoms with van der Waals surface area (Å²) in [6.07, 6.45) is 0. The molecule has 1 aromatic rings. The van der Waals surface area contributed by atoms with Gasteiger partial charge in [0.25, 0.3) is 0 Å². The molecular weight excluding hydrogens is 212 g/mol. The van der Waals surface area contributed by atoms with Crippen LogP contribution in [0.1, 0.15) is 29.1 Å². The second-order valence-electron chi connectivity index (χ2n) is 4.08. The normalized spacial score (nSPS) is 11.7. The van der Waals surface area contributed by atoms with Crippen LogP contribution in [0.25, 0.3) is 0 Å². The van der Waals surface area contributed by atoms with Crippen LogP contribution in [-0.2, 0) is 6.54 Å². The van der Waals surface area contributed by atoms with Gasteiger partial charge in [-0.1, -0.05) is 0 Å². The monoisotopic (exact) mass is 228 g/mol. The average molecular weight is 228 g/mol. The molecule has 0 aliphatic heterocycles. The molecule has 1 rings (SSSR count). The molecule has 0 unspecified atom stereocenters. The second-order valence-corrected chi connectivity index (χ2v) is 5.08. The maximum absolute atomic E-state index is 10.8. The molecule has 0 aliphatic carbocycles. The van der Waals surface area contributed by atoms with E-state index < -0.39 is 11.5 Å². The van der Waals surface area contributed by atoms with Crippen molar-refractivity contribution in [1.29, 1.82) is 0 Å². The molecule has 5 heteroatoms. The van der Waals surface area contributed by atoms with E-state index in [1.165, 1.54) is 11.3 Å². The Balaban J connectivity index is 2.41. The van der Waals surface area contributed by atoms with E-state index in [4.69, 9.17) is 5.73 Å². The number of nitrogens with two attached hydrogens (primary N) is 1. The van der Waals surface area contributed by atoms with Gasteiger partial charge in [0.15, 0.2) is 0 Å². The van der Waals surface area contributed by atoms with Crippen LogP contribution in [0.15, 0.2) is 11.4 Å². The molecular formula is C10H16N2O2S. The Labute approximate surface area is 93.1 Å². The topological polar surface area (TPSA) is 75.3 Å². The van der Waals surface area contributed by atoms with Crippen molar-refractivity contribution in [2.75, 3.05) is 6.54 Å². The van der Waals surface area contributed by atoms with Crippen LogP contribution in [0.3, 0.4) is 0 Å². The van der Waals surface area contributed by atoms with E-state index in [-0.39, 0.29) is 0 Å². The molecule has 0 saturated heterocycles. The molecule has 84 valence electrons. The number of hydrogen-bond donors (Lipinski definition) is 3. The Kier molecular flexibility index (Phi) is 3.84. The number of hydrogen-bond acceptors (Lipinski definition) is 4. The number of carbonyl (C=O) groups is 1. The predicted molar refractivity (Wildman–Crippen MR) is 60.8 cm³/mol. The van der Waals surface area contributed by atoms with Crippen LogP contribution in [0, 0.1) is 0 Å². The highest BCUT2D eigenvalue weighted by Gasteiger charge is 2.11. The fraction of sp³-hybridized carbons (Fsp3) is 0.500. The molecule has 15 heavy (non-hydrogen) atoms. The van der Waals surface area contributed by atoms with E-state index in [9.17, 15) is 9.90 Å². The van der Waals surface area contributed by atoms with Gasteiger partial charge in [0.2, 0.25) is 5.91 Å². The Morgan fingerprint density at radius 2 is 2.33 bits per heavy atom. The first-order valence-corrected chi connectivity index (χ1v) is 5.57. The molecule has 0 bridgehead atoms. The summed E-state index contributed by atoms with van der Waals surface area (Å²) in [5.74, 6) is -0.403. The number of nitrogens with one attached hydrogen (secondary N) is 1. The van der Waals surface area contributed by atoms with Crippen molar-refractivity contribution in [3.05, 3.63) is 21.9 Å². The molecule has 1 aromatic heterocycles. The van der Waals surface area contributed by atoms with Crippen molar-refractivity contribution >= 4 is 17.2 Å². The Hall–Kier alpha value is -0.910. The van der Waals surface area contributed by atoms with Crippen molar-refractivity contribution in [1.82, 2.24) is 5.32 Å². The van der Waals surface area contributed by atoms with Gasteiger partial charge in [0.1, 0.15) is 0 Å². The largest absolute Gasteiger partial charge is 0.389 e. The summed E-state index contributed by atoms with van der Waals surface area (Å²) < 4.78 is 0. The molecule has 1 heterocycles. The highest BCUT2D eigenvalue weighted by molar-refractivity contribution is 7.10. The van der Waals surface area contributed by atoms with E-state index in [0.29, 0.717) is 18.7 Å². The third kappa shape index (κ3) is 4.42. The summed E-state index contributed by atoms with van der Waals surface area (Å²) >= 11 is 1.48. The number of primary amides is 1. The summed E-state index contributed by atoms with van der Waals surface area (Å²) in [7, 11) is 0. The molecule has 0 aliphatic rings. The second kappa shape index (κ2) is 4.74. The number of carbonyl (C=O) groups excluding carboxylic acids is 1. The van der Waals surface area contributed by atoms with Gasteiger partial charge in [-0.05, 0) is 19.9 Å². The molecule has 0 fully saturated rings. The van der Waals surface area contributed by atoms with E-state index in [0.717, 1.165) is 4.88 Å². The fourth-order valence-electron chi connectivity index (χ4n) is 1.09. The molecule has 0 radical (unpaired) electrons. The van der Waals surface area contributed by atoms with E-state index in [1.807, 2.05) is 0 Å². The maximum atomic E-state index is 10.8. The van der Waals surface area contributed by atoms with E-state index in [2.05, 4.69) is 5.32 Å². The summed E-state index contributed by atoms with van der Waals surface area (Å²) in [4.78, 5) is 11.9. The van der Waals surface area contributed by atoms with Crippen LogP contribution >= 0.6 is 11.3 Å². The van der Waals surface area contributed by atoms with Crippen LogP contribution < -0.4 is 11.1 Å². The predicted octanol–water partition coefficient (Wildman–Crippen LogP) is 0.707. The molecule has 4 N–H and O–H groups in total. The van der Waals surface area contributed by atoms with Gasteiger partial charge in [0.05, 0.1) is 11.2 Å². The zero-order valence-corrected chi connectivity index (χ0v) is 9.73. The molecule has 4 nitrogen and oxygen atoms in total. The van der Waals surface area contributed by atoms with Gasteiger partial charge >= 0.3 is 0 Å². The van der Waals surface area contributed by atoms with E-state index >= 15 is 0 Å². The van der Waals surface area contributed by atoms with Crippen molar-refractivity contribution in [2.45, 2.75) is 26.0 Å². The molecule has 1 amide bonds. The first-order valence-electron chi connectivity index (χ1n) is 4.69. The highest BCUT2D eigenvalue weighted by atomic mass is 32.1. The van der Waals surface area contributed by atoms with Gasteiger partial charge in [-0.15, -0.1) is 11.3 Å². The zero-order valence-electron chi connectivity index (χ0n) is 8.91. The van der Waals surface area contributed by atoms with Crippen LogP contribution in [0.5, 0.6) is 0 Å². The van der Waals surface area contributed by atoms with Crippen LogP contribution in [0.4, 0.5) is 0 Å². The maximum Gasteiger partial charge on any atom is 0.249 e. The molecule has 0 atom stereocenters. The van der Waals surface area contributed by atoms with Crippen molar-refractivity contribution < 1.29 is 9.90 Å². The first kappa shape index (κ1) is 12.2. The first-order chi connectivity index (χ1) is 6.88. The molecule has 0 aromatic carbocycles. The fourth-order valence-corrected chi connectivity index (χ4v) is 1.94.